The Kier molecular flexibility index (Phi) is 6.18. The Morgan fingerprint density at radius 1 is 1.40 bits per heavy atom. The number of rotatable bonds is 6. The van der Waals surface area contributed by atoms with Gasteiger partial charge in [-0.25, -0.2) is 0 Å². The molecular formula is C9H22INO2PS-. The van der Waals surface area contributed by atoms with Crippen LogP contribution in [-0.4, -0.2) is 25.0 Å². The van der Waals surface area contributed by atoms with Crippen LogP contribution in [0, 0.1) is 0 Å². The zero-order valence-corrected chi connectivity index (χ0v) is 14.2. The van der Waals surface area contributed by atoms with Gasteiger partial charge in [-0.15, -0.1) is 0 Å². The molecule has 0 spiro atoms. The van der Waals surface area contributed by atoms with Crippen molar-refractivity contribution in [3.63, 3.8) is 0 Å². The van der Waals surface area contributed by atoms with E-state index in [0.29, 0.717) is 3.42 Å². The fourth-order valence-corrected chi connectivity index (χ4v) is 4.87. The van der Waals surface area contributed by atoms with Crippen molar-refractivity contribution in [2.75, 3.05) is 11.2 Å². The number of nitrogens with one attached hydrogen (secondary N) is 1. The van der Waals surface area contributed by atoms with Crippen LogP contribution in [0.3, 0.4) is 0 Å². The van der Waals surface area contributed by atoms with Crippen molar-refractivity contribution in [1.82, 2.24) is 5.09 Å². The van der Waals surface area contributed by atoms with Crippen LogP contribution in [0.25, 0.3) is 0 Å². The van der Waals surface area contributed by atoms with Gasteiger partial charge >= 0.3 is 108 Å². The summed E-state index contributed by atoms with van der Waals surface area (Å²) >= 11 is 1.13. The average molecular weight is 366 g/mol. The van der Waals surface area contributed by atoms with Gasteiger partial charge in [-0.2, -0.15) is 0 Å². The molecule has 0 saturated carbocycles. The van der Waals surface area contributed by atoms with Crippen molar-refractivity contribution in [2.24, 2.45) is 0 Å². The first-order valence-corrected chi connectivity index (χ1v) is 11.4. The third kappa shape index (κ3) is 7.21. The first-order chi connectivity index (χ1) is 6.54. The van der Waals surface area contributed by atoms with Gasteiger partial charge in [0.1, 0.15) is 0 Å². The standard InChI is InChI=1S/C9H22INO2PS/c1-8(2,10-5)7-9(3,4)11-14(12,13)15-6/h7H2,1-6H3,(H2,11,12,13)/q-1. The molecule has 0 amide bonds. The predicted molar refractivity (Wildman–Crippen MR) is 65.2 cm³/mol. The summed E-state index contributed by atoms with van der Waals surface area (Å²) in [6.45, 7) is 5.23. The molecule has 3 nitrogen and oxygen atoms in total. The monoisotopic (exact) mass is 366 g/mol. The molecule has 0 bridgehead atoms. The van der Waals surface area contributed by atoms with Crippen LogP contribution >= 0.6 is 18.1 Å². The quantitative estimate of drug-likeness (QED) is 0.385. The van der Waals surface area contributed by atoms with Gasteiger partial charge in [0.05, 0.1) is 0 Å². The molecule has 0 radical (unpaired) electrons. The van der Waals surface area contributed by atoms with Gasteiger partial charge < -0.3 is 0 Å². The third-order valence-electron chi connectivity index (χ3n) is 2.07. The maximum absolute atomic E-state index is 11.6. The Morgan fingerprint density at radius 2 is 1.87 bits per heavy atom. The molecule has 0 rings (SSSR count). The zero-order valence-electron chi connectivity index (χ0n) is 10.3. The summed E-state index contributed by atoms with van der Waals surface area (Å²) in [6, 6.07) is 0. The van der Waals surface area contributed by atoms with Crippen molar-refractivity contribution in [3.8, 4) is 0 Å². The van der Waals surface area contributed by atoms with Crippen molar-refractivity contribution in [2.45, 2.75) is 43.1 Å². The fraction of sp³-hybridized carbons (Fsp3) is 1.00. The molecule has 15 heavy (non-hydrogen) atoms. The number of hydrogen-bond donors (Lipinski definition) is 2. The molecule has 1 unspecified atom stereocenters. The summed E-state index contributed by atoms with van der Waals surface area (Å²) in [7, 11) is 0. The molecule has 0 heterocycles. The zero-order chi connectivity index (χ0) is 12.3. The fourth-order valence-electron chi connectivity index (χ4n) is 1.59. The SMILES string of the molecule is CSP(=O)(O)NC(C)(C)CC(C)(C)[I-]C. The summed E-state index contributed by atoms with van der Waals surface area (Å²) in [4.78, 5) is 11.8. The molecule has 2 N–H and O–H groups in total. The normalized spacial score (nSPS) is 17.8. The van der Waals surface area contributed by atoms with Gasteiger partial charge in [-0.3, -0.25) is 0 Å². The maximum atomic E-state index is 11.6. The van der Waals surface area contributed by atoms with E-state index in [1.54, 1.807) is 6.26 Å². The van der Waals surface area contributed by atoms with E-state index in [-0.39, 0.29) is 26.7 Å². The van der Waals surface area contributed by atoms with E-state index in [1.807, 2.05) is 13.8 Å². The second-order valence-corrected chi connectivity index (χ2v) is 13.0. The van der Waals surface area contributed by atoms with E-state index in [1.165, 1.54) is 0 Å². The van der Waals surface area contributed by atoms with E-state index >= 15 is 0 Å². The number of halogens is 1. The molecule has 0 aliphatic rings. The molecule has 0 aliphatic carbocycles. The van der Waals surface area contributed by atoms with Crippen molar-refractivity contribution in [1.29, 1.82) is 0 Å². The van der Waals surface area contributed by atoms with E-state index in [2.05, 4.69) is 23.9 Å². The molecule has 0 aromatic carbocycles. The van der Waals surface area contributed by atoms with Crippen LogP contribution in [0.5, 0.6) is 0 Å². The molecule has 1 atom stereocenters. The summed E-state index contributed by atoms with van der Waals surface area (Å²) in [6.07, 6.45) is 2.58. The first-order valence-electron chi connectivity index (χ1n) is 4.72. The van der Waals surface area contributed by atoms with E-state index in [0.717, 1.165) is 17.8 Å². The van der Waals surface area contributed by atoms with Gasteiger partial charge in [0.25, 0.3) is 0 Å². The molecule has 94 valence electrons. The van der Waals surface area contributed by atoms with Crippen molar-refractivity contribution >= 4 is 18.1 Å². The molecular weight excluding hydrogens is 344 g/mol. The molecule has 0 saturated heterocycles. The molecule has 6 heteroatoms. The summed E-state index contributed by atoms with van der Waals surface area (Å²) in [5.41, 5.74) is -0.285. The first kappa shape index (κ1) is 16.2. The minimum absolute atomic E-state index is 0.130. The van der Waals surface area contributed by atoms with E-state index in [9.17, 15) is 9.46 Å². The second-order valence-electron chi connectivity index (χ2n) is 4.78. The molecule has 0 fully saturated rings. The summed E-state index contributed by atoms with van der Waals surface area (Å²) in [5, 5.41) is 2.86. The topological polar surface area (TPSA) is 49.3 Å². The van der Waals surface area contributed by atoms with Gasteiger partial charge in [0.2, 0.25) is 0 Å². The van der Waals surface area contributed by atoms with Gasteiger partial charge in [-0.1, -0.05) is 0 Å². The van der Waals surface area contributed by atoms with E-state index in [4.69, 9.17) is 0 Å². The van der Waals surface area contributed by atoms with Crippen LogP contribution in [0.2, 0.25) is 0 Å². The van der Waals surface area contributed by atoms with Gasteiger partial charge in [0, 0.05) is 0 Å². The van der Waals surface area contributed by atoms with Crippen LogP contribution in [-0.2, 0) is 4.57 Å². The minimum atomic E-state index is -3.21. The molecule has 0 aromatic heterocycles. The van der Waals surface area contributed by atoms with Crippen LogP contribution in [0.15, 0.2) is 0 Å². The second kappa shape index (κ2) is 5.71. The van der Waals surface area contributed by atoms with Crippen LogP contribution < -0.4 is 26.3 Å². The van der Waals surface area contributed by atoms with Crippen molar-refractivity contribution < 1.29 is 30.7 Å². The summed E-state index contributed by atoms with van der Waals surface area (Å²) in [5.74, 6) is 0. The molecule has 0 aliphatic heterocycles. The molecule has 0 aromatic rings. The van der Waals surface area contributed by atoms with Gasteiger partial charge in [-0.05, 0) is 0 Å². The Morgan fingerprint density at radius 3 is 2.20 bits per heavy atom. The number of alkyl halides is 2. The van der Waals surface area contributed by atoms with Gasteiger partial charge in [0.15, 0.2) is 0 Å². The van der Waals surface area contributed by atoms with Crippen molar-refractivity contribution in [3.05, 3.63) is 0 Å². The Balaban J connectivity index is 4.50. The van der Waals surface area contributed by atoms with Crippen LogP contribution in [0.4, 0.5) is 0 Å². The summed E-state index contributed by atoms with van der Waals surface area (Å²) < 4.78 is 11.9. The Bertz CT molecular complexity index is 258. The average Bonchev–Trinajstić information content (AvgIpc) is 2.00. The van der Waals surface area contributed by atoms with Crippen LogP contribution in [0.1, 0.15) is 34.1 Å². The Labute approximate surface area is 108 Å². The number of hydrogen-bond acceptors (Lipinski definition) is 2. The Hall–Kier alpha value is 1.23. The predicted octanol–water partition coefficient (Wildman–Crippen LogP) is -0.294. The third-order valence-corrected chi connectivity index (χ3v) is 8.51. The van der Waals surface area contributed by atoms with E-state index < -0.39 is 6.72 Å².